The summed E-state index contributed by atoms with van der Waals surface area (Å²) in [5.41, 5.74) is 0. The number of aliphatic carboxylic acids is 1. The molecule has 3 amide bonds. The second kappa shape index (κ2) is 6.96. The Bertz CT molecular complexity index is 357. The summed E-state index contributed by atoms with van der Waals surface area (Å²) in [4.78, 5) is 34.0. The summed E-state index contributed by atoms with van der Waals surface area (Å²) in [5.74, 6) is -1.84. The summed E-state index contributed by atoms with van der Waals surface area (Å²) >= 11 is 0. The number of carbonyl (C=O) groups is 3. The van der Waals surface area contributed by atoms with Crippen LogP contribution in [0.5, 0.6) is 0 Å². The van der Waals surface area contributed by atoms with Gasteiger partial charge >= 0.3 is 12.0 Å². The number of carboxylic acids is 1. The molecule has 0 bridgehead atoms. The normalized spacial score (nSPS) is 20.6. The van der Waals surface area contributed by atoms with Gasteiger partial charge in [0.2, 0.25) is 5.91 Å². The summed E-state index contributed by atoms with van der Waals surface area (Å²) in [6.07, 6.45) is 1.42. The third-order valence-electron chi connectivity index (χ3n) is 3.20. The molecule has 0 aromatic heterocycles. The zero-order valence-electron chi connectivity index (χ0n) is 11.2. The Balaban J connectivity index is 2.38. The number of carbonyl (C=O) groups excluding carboxylic acids is 2. The molecule has 0 aliphatic carbocycles. The molecule has 0 radical (unpaired) electrons. The fourth-order valence-corrected chi connectivity index (χ4v) is 1.93. The van der Waals surface area contributed by atoms with Gasteiger partial charge in [-0.05, 0) is 18.8 Å². The van der Waals surface area contributed by atoms with Crippen LogP contribution in [0.2, 0.25) is 0 Å². The monoisotopic (exact) mass is 271 g/mol. The van der Waals surface area contributed by atoms with Crippen LogP contribution in [-0.2, 0) is 9.59 Å². The maximum Gasteiger partial charge on any atom is 0.315 e. The molecule has 1 fully saturated rings. The maximum absolute atomic E-state index is 11.6. The molecule has 7 heteroatoms. The van der Waals surface area contributed by atoms with Gasteiger partial charge in [-0.15, -0.1) is 0 Å². The SMILES string of the molecule is CC(C)C(CNC(=O)NC1CCCNC1=O)C(=O)O. The van der Waals surface area contributed by atoms with Gasteiger partial charge in [-0.2, -0.15) is 0 Å². The van der Waals surface area contributed by atoms with Crippen LogP contribution < -0.4 is 16.0 Å². The largest absolute Gasteiger partial charge is 0.481 e. The standard InChI is InChI=1S/C12H21N3O4/c1-7(2)8(11(17)18)6-14-12(19)15-9-4-3-5-13-10(9)16/h7-9H,3-6H2,1-2H3,(H,13,16)(H,17,18)(H2,14,15,19). The maximum atomic E-state index is 11.6. The molecule has 0 aromatic rings. The van der Waals surface area contributed by atoms with Crippen LogP contribution in [0.1, 0.15) is 26.7 Å². The number of hydrogen-bond acceptors (Lipinski definition) is 3. The summed E-state index contributed by atoms with van der Waals surface area (Å²) in [6, 6.07) is -1.04. The van der Waals surface area contributed by atoms with Gasteiger partial charge in [0.25, 0.3) is 0 Å². The van der Waals surface area contributed by atoms with Gasteiger partial charge in [0.05, 0.1) is 5.92 Å². The highest BCUT2D eigenvalue weighted by atomic mass is 16.4. The van der Waals surface area contributed by atoms with Gasteiger partial charge in [0, 0.05) is 13.1 Å². The zero-order valence-corrected chi connectivity index (χ0v) is 11.2. The second-order valence-corrected chi connectivity index (χ2v) is 5.03. The molecule has 1 aliphatic rings. The molecule has 1 heterocycles. The van der Waals surface area contributed by atoms with Crippen LogP contribution >= 0.6 is 0 Å². The minimum atomic E-state index is -0.939. The smallest absolute Gasteiger partial charge is 0.315 e. The number of nitrogens with one attached hydrogen (secondary N) is 3. The van der Waals surface area contributed by atoms with Crippen molar-refractivity contribution in [3.05, 3.63) is 0 Å². The van der Waals surface area contributed by atoms with E-state index in [1.165, 1.54) is 0 Å². The van der Waals surface area contributed by atoms with E-state index in [4.69, 9.17) is 5.11 Å². The molecule has 0 aromatic carbocycles. The highest BCUT2D eigenvalue weighted by molar-refractivity contribution is 5.87. The van der Waals surface area contributed by atoms with Gasteiger partial charge < -0.3 is 21.1 Å². The molecule has 2 unspecified atom stereocenters. The molecule has 0 saturated carbocycles. The predicted octanol–water partition coefficient (Wildman–Crippen LogP) is -0.0790. The first kappa shape index (κ1) is 15.3. The minimum absolute atomic E-state index is 0.0488. The van der Waals surface area contributed by atoms with Crippen LogP contribution in [0.3, 0.4) is 0 Å². The Morgan fingerprint density at radius 2 is 2.16 bits per heavy atom. The van der Waals surface area contributed by atoms with E-state index in [0.29, 0.717) is 13.0 Å². The average molecular weight is 271 g/mol. The van der Waals surface area contributed by atoms with E-state index in [9.17, 15) is 14.4 Å². The first-order valence-corrected chi connectivity index (χ1v) is 6.46. The lowest BCUT2D eigenvalue weighted by molar-refractivity contribution is -0.143. The third-order valence-corrected chi connectivity index (χ3v) is 3.20. The Labute approximate surface area is 112 Å². The second-order valence-electron chi connectivity index (χ2n) is 5.03. The predicted molar refractivity (Wildman–Crippen MR) is 68.5 cm³/mol. The fourth-order valence-electron chi connectivity index (χ4n) is 1.93. The molecule has 19 heavy (non-hydrogen) atoms. The van der Waals surface area contributed by atoms with Crippen LogP contribution in [0.4, 0.5) is 4.79 Å². The molecular formula is C12H21N3O4. The molecule has 4 N–H and O–H groups in total. The van der Waals surface area contributed by atoms with Gasteiger partial charge in [0.15, 0.2) is 0 Å². The topological polar surface area (TPSA) is 108 Å². The van der Waals surface area contributed by atoms with Crippen molar-refractivity contribution in [3.8, 4) is 0 Å². The van der Waals surface area contributed by atoms with E-state index in [0.717, 1.165) is 6.42 Å². The molecule has 1 rings (SSSR count). The number of urea groups is 1. The van der Waals surface area contributed by atoms with Crippen molar-refractivity contribution in [1.29, 1.82) is 0 Å². The number of hydrogen-bond donors (Lipinski definition) is 4. The van der Waals surface area contributed by atoms with E-state index in [1.807, 2.05) is 0 Å². The van der Waals surface area contributed by atoms with Gasteiger partial charge in [-0.25, -0.2) is 4.79 Å². The van der Waals surface area contributed by atoms with E-state index in [-0.39, 0.29) is 18.4 Å². The number of rotatable bonds is 5. The van der Waals surface area contributed by atoms with Crippen LogP contribution in [0.15, 0.2) is 0 Å². The quantitative estimate of drug-likeness (QED) is 0.561. The number of carboxylic acid groups (broad SMARTS) is 1. The van der Waals surface area contributed by atoms with Crippen molar-refractivity contribution in [3.63, 3.8) is 0 Å². The molecule has 1 saturated heterocycles. The lowest BCUT2D eigenvalue weighted by atomic mass is 9.96. The van der Waals surface area contributed by atoms with E-state index in [2.05, 4.69) is 16.0 Å². The molecule has 1 aliphatic heterocycles. The summed E-state index contributed by atoms with van der Waals surface area (Å²) in [6.45, 7) is 4.25. The highest BCUT2D eigenvalue weighted by Gasteiger charge is 2.25. The fraction of sp³-hybridized carbons (Fsp3) is 0.750. The van der Waals surface area contributed by atoms with Gasteiger partial charge in [-0.3, -0.25) is 9.59 Å². The van der Waals surface area contributed by atoms with Crippen LogP contribution in [0.25, 0.3) is 0 Å². The summed E-state index contributed by atoms with van der Waals surface area (Å²) < 4.78 is 0. The van der Waals surface area contributed by atoms with E-state index < -0.39 is 24.0 Å². The Morgan fingerprint density at radius 3 is 2.68 bits per heavy atom. The molecular weight excluding hydrogens is 250 g/mol. The van der Waals surface area contributed by atoms with Crippen molar-refractivity contribution in [1.82, 2.24) is 16.0 Å². The Morgan fingerprint density at radius 1 is 1.47 bits per heavy atom. The Kier molecular flexibility index (Phi) is 5.59. The van der Waals surface area contributed by atoms with Crippen molar-refractivity contribution in [2.24, 2.45) is 11.8 Å². The third kappa shape index (κ3) is 4.76. The van der Waals surface area contributed by atoms with Crippen LogP contribution in [0, 0.1) is 11.8 Å². The molecule has 0 spiro atoms. The lowest BCUT2D eigenvalue weighted by Crippen LogP contribution is -2.53. The van der Waals surface area contributed by atoms with Gasteiger partial charge in [0.1, 0.15) is 6.04 Å². The highest BCUT2D eigenvalue weighted by Crippen LogP contribution is 2.09. The molecule has 2 atom stereocenters. The first-order valence-electron chi connectivity index (χ1n) is 6.46. The summed E-state index contributed by atoms with van der Waals surface area (Å²) in [5, 5.41) is 16.7. The molecule has 108 valence electrons. The first-order chi connectivity index (χ1) is 8.91. The lowest BCUT2D eigenvalue weighted by Gasteiger charge is -2.23. The minimum Gasteiger partial charge on any atom is -0.481 e. The van der Waals surface area contributed by atoms with E-state index >= 15 is 0 Å². The van der Waals surface area contributed by atoms with Crippen molar-refractivity contribution in [2.75, 3.05) is 13.1 Å². The zero-order chi connectivity index (χ0) is 14.4. The van der Waals surface area contributed by atoms with Crippen LogP contribution in [-0.4, -0.2) is 42.1 Å². The van der Waals surface area contributed by atoms with E-state index in [1.54, 1.807) is 13.8 Å². The molecule has 7 nitrogen and oxygen atoms in total. The van der Waals surface area contributed by atoms with Crippen molar-refractivity contribution < 1.29 is 19.5 Å². The van der Waals surface area contributed by atoms with Gasteiger partial charge in [-0.1, -0.05) is 13.8 Å². The van der Waals surface area contributed by atoms with Crippen molar-refractivity contribution >= 4 is 17.9 Å². The Hall–Kier alpha value is -1.79. The summed E-state index contributed by atoms with van der Waals surface area (Å²) in [7, 11) is 0. The number of piperidine rings is 1. The average Bonchev–Trinajstić information content (AvgIpc) is 2.31. The van der Waals surface area contributed by atoms with Crippen molar-refractivity contribution in [2.45, 2.75) is 32.7 Å². The number of amides is 3.